The lowest BCUT2D eigenvalue weighted by atomic mass is 9.95. The van der Waals surface area contributed by atoms with E-state index in [1.54, 1.807) is 0 Å². The van der Waals surface area contributed by atoms with Gasteiger partial charge in [-0.3, -0.25) is 0 Å². The summed E-state index contributed by atoms with van der Waals surface area (Å²) in [6, 6.07) is 61.8. The van der Waals surface area contributed by atoms with Crippen LogP contribution in [0, 0.1) is 0 Å². The van der Waals surface area contributed by atoms with Crippen LogP contribution >= 0.6 is 0 Å². The number of hydrogen-bond donors (Lipinski definition) is 0. The Morgan fingerprint density at radius 2 is 0.918 bits per heavy atom. The molecule has 0 radical (unpaired) electrons. The molecule has 0 atom stereocenters. The molecule has 3 nitrogen and oxygen atoms in total. The summed E-state index contributed by atoms with van der Waals surface area (Å²) in [6.45, 7) is 0. The molecule has 10 rings (SSSR count). The largest absolute Gasteiger partial charge is 0.455 e. The van der Waals surface area contributed by atoms with Gasteiger partial charge in [0, 0.05) is 38.3 Å². The Kier molecular flexibility index (Phi) is 6.18. The van der Waals surface area contributed by atoms with Gasteiger partial charge in [-0.15, -0.1) is 0 Å². The van der Waals surface area contributed by atoms with Gasteiger partial charge in [0.2, 0.25) is 0 Å². The highest BCUT2D eigenvalue weighted by atomic mass is 16.3. The van der Waals surface area contributed by atoms with E-state index in [4.69, 9.17) is 8.83 Å². The van der Waals surface area contributed by atoms with Crippen molar-refractivity contribution in [2.24, 2.45) is 0 Å². The third-order valence-corrected chi connectivity index (χ3v) is 9.66. The molecule has 0 saturated carbocycles. The minimum atomic E-state index is 0.870. The molecule has 0 aliphatic heterocycles. The van der Waals surface area contributed by atoms with Crippen LogP contribution < -0.4 is 4.90 Å². The highest BCUT2D eigenvalue weighted by Gasteiger charge is 2.20. The van der Waals surface area contributed by atoms with Gasteiger partial charge in [-0.25, -0.2) is 0 Å². The van der Waals surface area contributed by atoms with Crippen molar-refractivity contribution in [3.05, 3.63) is 176 Å². The fourth-order valence-electron chi connectivity index (χ4n) is 7.35. The summed E-state index contributed by atoms with van der Waals surface area (Å²) < 4.78 is 13.1. The Bertz CT molecular complexity index is 2810. The van der Waals surface area contributed by atoms with Crippen molar-refractivity contribution < 1.29 is 8.83 Å². The minimum absolute atomic E-state index is 0.870. The van der Waals surface area contributed by atoms with Gasteiger partial charge in [0.1, 0.15) is 16.7 Å². The molecular formula is C46H29NO2. The van der Waals surface area contributed by atoms with Crippen molar-refractivity contribution in [3.8, 4) is 22.3 Å². The van der Waals surface area contributed by atoms with Crippen LogP contribution in [-0.2, 0) is 0 Å². The van der Waals surface area contributed by atoms with Crippen LogP contribution in [0.4, 0.5) is 17.1 Å². The van der Waals surface area contributed by atoms with Crippen molar-refractivity contribution in [2.45, 2.75) is 0 Å². The summed E-state index contributed by atoms with van der Waals surface area (Å²) in [7, 11) is 0. The maximum atomic E-state index is 6.64. The monoisotopic (exact) mass is 627 g/mol. The number of rotatable bonds is 5. The van der Waals surface area contributed by atoms with E-state index in [2.05, 4.69) is 163 Å². The van der Waals surface area contributed by atoms with E-state index in [1.807, 2.05) is 18.2 Å². The van der Waals surface area contributed by atoms with Gasteiger partial charge in [0.15, 0.2) is 5.58 Å². The molecule has 2 aromatic heterocycles. The predicted octanol–water partition coefficient (Wildman–Crippen LogP) is 13.4. The highest BCUT2D eigenvalue weighted by Crippen LogP contribution is 2.43. The summed E-state index contributed by atoms with van der Waals surface area (Å²) in [4.78, 5) is 2.27. The van der Waals surface area contributed by atoms with Crippen LogP contribution in [0.2, 0.25) is 0 Å². The Balaban J connectivity index is 1.08. The normalized spacial score (nSPS) is 11.7. The Morgan fingerprint density at radius 3 is 1.73 bits per heavy atom. The average molecular weight is 628 g/mol. The van der Waals surface area contributed by atoms with E-state index in [0.717, 1.165) is 77.5 Å². The molecule has 0 aliphatic rings. The SMILES string of the molecule is c1ccc(-c2cc3c4ccc(-c5ccc(N(c6ccccc6)c6cccc7c6oc6ccccc67)cc5)cc4oc3c3ccccc23)cc1. The molecular weight excluding hydrogens is 599 g/mol. The van der Waals surface area contributed by atoms with Crippen LogP contribution in [0.25, 0.3) is 76.9 Å². The number of hydrogen-bond acceptors (Lipinski definition) is 3. The van der Waals surface area contributed by atoms with Crippen LogP contribution in [0.5, 0.6) is 0 Å². The minimum Gasteiger partial charge on any atom is -0.455 e. The maximum Gasteiger partial charge on any atom is 0.159 e. The fourth-order valence-corrected chi connectivity index (χ4v) is 7.35. The molecule has 10 aromatic rings. The van der Waals surface area contributed by atoms with Gasteiger partial charge < -0.3 is 13.7 Å². The zero-order valence-corrected chi connectivity index (χ0v) is 26.5. The van der Waals surface area contributed by atoms with Gasteiger partial charge in [0.05, 0.1) is 5.69 Å². The summed E-state index contributed by atoms with van der Waals surface area (Å²) in [5, 5.41) is 6.79. The highest BCUT2D eigenvalue weighted by molar-refractivity contribution is 6.19. The molecule has 3 heteroatoms. The predicted molar refractivity (Wildman–Crippen MR) is 204 cm³/mol. The summed E-state index contributed by atoms with van der Waals surface area (Å²) in [6.07, 6.45) is 0. The standard InChI is InChI=1S/C46H29NO2/c1-3-12-31(13-4-1)40-29-41-37-27-24-32(28-44(37)49-45(41)38-18-8-7-16-35(38)40)30-22-25-34(26-23-30)47(33-14-5-2-6-15-33)42-20-11-19-39-36-17-9-10-21-43(36)48-46(39)42/h1-29H. The summed E-state index contributed by atoms with van der Waals surface area (Å²) in [5.41, 5.74) is 11.3. The second kappa shape index (κ2) is 11.0. The molecule has 49 heavy (non-hydrogen) atoms. The lowest BCUT2D eigenvalue weighted by Gasteiger charge is -2.25. The first-order valence-electron chi connectivity index (χ1n) is 16.6. The van der Waals surface area contributed by atoms with Gasteiger partial charge >= 0.3 is 0 Å². The molecule has 0 amide bonds. The van der Waals surface area contributed by atoms with E-state index in [0.29, 0.717) is 0 Å². The molecule has 230 valence electrons. The first kappa shape index (κ1) is 27.5. The third-order valence-electron chi connectivity index (χ3n) is 9.66. The second-order valence-electron chi connectivity index (χ2n) is 12.5. The number of para-hydroxylation sites is 3. The fraction of sp³-hybridized carbons (Fsp3) is 0. The molecule has 0 N–H and O–H groups in total. The Labute approximate surface area is 282 Å². The number of fused-ring (bicyclic) bond motifs is 8. The van der Waals surface area contributed by atoms with Gasteiger partial charge in [-0.05, 0) is 82.2 Å². The molecule has 0 fully saturated rings. The zero-order valence-electron chi connectivity index (χ0n) is 26.5. The molecule has 2 heterocycles. The van der Waals surface area contributed by atoms with Crippen molar-refractivity contribution in [1.29, 1.82) is 0 Å². The molecule has 0 aliphatic carbocycles. The van der Waals surface area contributed by atoms with Crippen molar-refractivity contribution >= 4 is 71.7 Å². The Hall–Kier alpha value is -6.58. The van der Waals surface area contributed by atoms with Gasteiger partial charge in [0.25, 0.3) is 0 Å². The van der Waals surface area contributed by atoms with E-state index >= 15 is 0 Å². The van der Waals surface area contributed by atoms with Crippen molar-refractivity contribution in [1.82, 2.24) is 0 Å². The zero-order chi connectivity index (χ0) is 32.3. The quantitative estimate of drug-likeness (QED) is 0.190. The van der Waals surface area contributed by atoms with Gasteiger partial charge in [-0.1, -0.05) is 121 Å². The molecule has 0 unspecified atom stereocenters. The maximum absolute atomic E-state index is 6.64. The second-order valence-corrected chi connectivity index (χ2v) is 12.5. The number of anilines is 3. The third kappa shape index (κ3) is 4.44. The molecule has 8 aromatic carbocycles. The summed E-state index contributed by atoms with van der Waals surface area (Å²) in [5.74, 6) is 0. The van der Waals surface area contributed by atoms with Crippen LogP contribution in [0.3, 0.4) is 0 Å². The lowest BCUT2D eigenvalue weighted by molar-refractivity contribution is 0.669. The number of benzene rings is 8. The van der Waals surface area contributed by atoms with E-state index < -0.39 is 0 Å². The summed E-state index contributed by atoms with van der Waals surface area (Å²) >= 11 is 0. The first-order valence-corrected chi connectivity index (χ1v) is 16.6. The van der Waals surface area contributed by atoms with Crippen LogP contribution in [-0.4, -0.2) is 0 Å². The van der Waals surface area contributed by atoms with E-state index in [-0.39, 0.29) is 0 Å². The smallest absolute Gasteiger partial charge is 0.159 e. The topological polar surface area (TPSA) is 29.5 Å². The lowest BCUT2D eigenvalue weighted by Crippen LogP contribution is -2.10. The molecule has 0 bridgehead atoms. The molecule has 0 spiro atoms. The van der Waals surface area contributed by atoms with Crippen molar-refractivity contribution in [3.63, 3.8) is 0 Å². The number of nitrogens with zero attached hydrogens (tertiary/aromatic N) is 1. The number of furan rings is 2. The molecule has 0 saturated heterocycles. The van der Waals surface area contributed by atoms with Crippen molar-refractivity contribution in [2.75, 3.05) is 4.90 Å². The van der Waals surface area contributed by atoms with Gasteiger partial charge in [-0.2, -0.15) is 0 Å². The van der Waals surface area contributed by atoms with Crippen LogP contribution in [0.15, 0.2) is 185 Å². The van der Waals surface area contributed by atoms with E-state index in [9.17, 15) is 0 Å². The van der Waals surface area contributed by atoms with E-state index in [1.165, 1.54) is 16.5 Å². The first-order chi connectivity index (χ1) is 24.3. The van der Waals surface area contributed by atoms with Crippen LogP contribution in [0.1, 0.15) is 0 Å². The average Bonchev–Trinajstić information content (AvgIpc) is 3.74. The Morgan fingerprint density at radius 1 is 0.327 bits per heavy atom.